The van der Waals surface area contributed by atoms with Crippen LogP contribution in [-0.4, -0.2) is 62.2 Å². The highest BCUT2D eigenvalue weighted by atomic mass is 16.5. The van der Waals surface area contributed by atoms with E-state index in [9.17, 15) is 0 Å². The van der Waals surface area contributed by atoms with Gasteiger partial charge in [-0.25, -0.2) is 4.98 Å². The summed E-state index contributed by atoms with van der Waals surface area (Å²) in [4.78, 5) is 13.8. The molecule has 1 aromatic heterocycles. The highest BCUT2D eigenvalue weighted by Gasteiger charge is 2.18. The molecule has 2 aromatic rings. The van der Waals surface area contributed by atoms with Gasteiger partial charge < -0.3 is 25.2 Å². The van der Waals surface area contributed by atoms with Gasteiger partial charge in [-0.2, -0.15) is 0 Å². The van der Waals surface area contributed by atoms with Gasteiger partial charge in [-0.3, -0.25) is 4.99 Å². The summed E-state index contributed by atoms with van der Waals surface area (Å²) in [5.41, 5.74) is 3.48. The van der Waals surface area contributed by atoms with E-state index in [0.29, 0.717) is 13.1 Å². The molecule has 0 amide bonds. The number of rotatable bonds is 7. The minimum Gasteiger partial charge on any atom is -0.491 e. The molecule has 0 spiro atoms. The predicted octanol–water partition coefficient (Wildman–Crippen LogP) is 2.79. The Morgan fingerprint density at radius 3 is 2.48 bits per heavy atom. The lowest BCUT2D eigenvalue weighted by Gasteiger charge is -2.34. The van der Waals surface area contributed by atoms with E-state index >= 15 is 0 Å². The fourth-order valence-corrected chi connectivity index (χ4v) is 3.62. The van der Waals surface area contributed by atoms with Crippen LogP contribution in [0.15, 0.2) is 41.5 Å². The fraction of sp³-hybridized carbons (Fsp3) is 0.500. The molecule has 1 fully saturated rings. The van der Waals surface area contributed by atoms with Crippen molar-refractivity contribution in [3.63, 3.8) is 0 Å². The van der Waals surface area contributed by atoms with Crippen molar-refractivity contribution < 1.29 is 4.74 Å². The first-order valence-corrected chi connectivity index (χ1v) is 11.0. The monoisotopic (exact) mass is 424 g/mol. The molecule has 0 atom stereocenters. The summed E-state index contributed by atoms with van der Waals surface area (Å²) in [5, 5.41) is 6.85. The molecule has 0 saturated carbocycles. The van der Waals surface area contributed by atoms with E-state index in [-0.39, 0.29) is 6.10 Å². The molecule has 0 unspecified atom stereocenters. The van der Waals surface area contributed by atoms with Gasteiger partial charge in [0.25, 0.3) is 0 Å². The first-order valence-electron chi connectivity index (χ1n) is 11.0. The topological polar surface area (TPSA) is 65.0 Å². The first-order chi connectivity index (χ1) is 15.0. The molecule has 168 valence electrons. The van der Waals surface area contributed by atoms with Crippen LogP contribution in [0.3, 0.4) is 0 Å². The van der Waals surface area contributed by atoms with Crippen LogP contribution in [-0.2, 0) is 13.1 Å². The van der Waals surface area contributed by atoms with Gasteiger partial charge in [0, 0.05) is 63.6 Å². The maximum absolute atomic E-state index is 5.99. The quantitative estimate of drug-likeness (QED) is 0.526. The molecule has 2 heterocycles. The third-order valence-electron chi connectivity index (χ3n) is 5.37. The molecule has 0 radical (unpaired) electrons. The Hall–Kier alpha value is -2.80. The number of anilines is 1. The van der Waals surface area contributed by atoms with Crippen LogP contribution in [0.2, 0.25) is 0 Å². The van der Waals surface area contributed by atoms with Gasteiger partial charge in [-0.15, -0.1) is 0 Å². The zero-order valence-corrected chi connectivity index (χ0v) is 19.5. The molecule has 0 aliphatic carbocycles. The van der Waals surface area contributed by atoms with Crippen LogP contribution in [0, 0.1) is 6.92 Å². The Labute approximate surface area is 186 Å². The number of aliphatic imine (C=N–C) groups is 1. The van der Waals surface area contributed by atoms with Gasteiger partial charge in [0.15, 0.2) is 5.96 Å². The van der Waals surface area contributed by atoms with Gasteiger partial charge in [-0.1, -0.05) is 18.2 Å². The largest absolute Gasteiger partial charge is 0.491 e. The minimum absolute atomic E-state index is 0.136. The van der Waals surface area contributed by atoms with Crippen LogP contribution < -0.4 is 20.3 Å². The zero-order valence-electron chi connectivity index (χ0n) is 19.5. The van der Waals surface area contributed by atoms with Crippen LogP contribution in [0.1, 0.15) is 30.5 Å². The average Bonchev–Trinajstić information content (AvgIpc) is 2.75. The van der Waals surface area contributed by atoms with E-state index in [1.54, 1.807) is 7.05 Å². The summed E-state index contributed by atoms with van der Waals surface area (Å²) in [7, 11) is 3.96. The lowest BCUT2D eigenvalue weighted by Crippen LogP contribution is -2.45. The van der Waals surface area contributed by atoms with Crippen molar-refractivity contribution in [2.75, 3.05) is 45.2 Å². The molecule has 1 saturated heterocycles. The number of benzene rings is 1. The van der Waals surface area contributed by atoms with Crippen LogP contribution in [0.5, 0.6) is 5.75 Å². The molecule has 3 rings (SSSR count). The Morgan fingerprint density at radius 2 is 1.81 bits per heavy atom. The van der Waals surface area contributed by atoms with Crippen molar-refractivity contribution >= 4 is 11.8 Å². The zero-order chi connectivity index (χ0) is 22.2. The first kappa shape index (κ1) is 22.9. The molecule has 7 heteroatoms. The Kier molecular flexibility index (Phi) is 8.12. The predicted molar refractivity (Wildman–Crippen MR) is 128 cm³/mol. The smallest absolute Gasteiger partial charge is 0.191 e. The number of aryl methyl sites for hydroxylation is 1. The van der Waals surface area contributed by atoms with Crippen molar-refractivity contribution in [2.24, 2.45) is 4.99 Å². The average molecular weight is 425 g/mol. The van der Waals surface area contributed by atoms with Gasteiger partial charge >= 0.3 is 0 Å². The van der Waals surface area contributed by atoms with Crippen molar-refractivity contribution in [3.8, 4) is 5.75 Å². The normalized spacial score (nSPS) is 15.3. The van der Waals surface area contributed by atoms with Gasteiger partial charge in [0.1, 0.15) is 11.6 Å². The lowest BCUT2D eigenvalue weighted by molar-refractivity contribution is 0.239. The van der Waals surface area contributed by atoms with E-state index in [0.717, 1.165) is 49.3 Å². The van der Waals surface area contributed by atoms with E-state index in [2.05, 4.69) is 68.6 Å². The second kappa shape index (κ2) is 11.0. The third kappa shape index (κ3) is 6.59. The van der Waals surface area contributed by atoms with E-state index in [1.807, 2.05) is 26.1 Å². The third-order valence-corrected chi connectivity index (χ3v) is 5.37. The molecule has 7 nitrogen and oxygen atoms in total. The minimum atomic E-state index is 0.136. The Morgan fingerprint density at radius 1 is 1.10 bits per heavy atom. The van der Waals surface area contributed by atoms with Crippen molar-refractivity contribution in [3.05, 3.63) is 53.2 Å². The van der Waals surface area contributed by atoms with Gasteiger partial charge in [-0.05, 0) is 45.5 Å². The summed E-state index contributed by atoms with van der Waals surface area (Å²) in [6, 6.07) is 10.4. The standard InChI is InChI=1S/C24H36N6O/c1-18(2)31-22-15-19(3)8-9-20(22)16-27-24(25-4)28-17-21-7-6-10-26-23(21)30-13-11-29(5)12-14-30/h6-10,15,18H,11-14,16-17H2,1-5H3,(H2,25,27,28). The second-order valence-corrected chi connectivity index (χ2v) is 8.33. The van der Waals surface area contributed by atoms with Crippen LogP contribution >= 0.6 is 0 Å². The SMILES string of the molecule is CN=C(NCc1ccc(C)cc1OC(C)C)NCc1cccnc1N1CCN(C)CC1. The number of ether oxygens (including phenoxy) is 1. The number of likely N-dealkylation sites (N-methyl/N-ethyl adjacent to an activating group) is 1. The summed E-state index contributed by atoms with van der Waals surface area (Å²) < 4.78 is 5.99. The summed E-state index contributed by atoms with van der Waals surface area (Å²) in [5.74, 6) is 2.73. The summed E-state index contributed by atoms with van der Waals surface area (Å²) in [6.45, 7) is 11.6. The number of hydrogen-bond acceptors (Lipinski definition) is 5. The number of aromatic nitrogens is 1. The van der Waals surface area contributed by atoms with Crippen molar-refractivity contribution in [2.45, 2.75) is 40.0 Å². The number of guanidine groups is 1. The lowest BCUT2D eigenvalue weighted by atomic mass is 10.1. The van der Waals surface area contributed by atoms with E-state index in [1.165, 1.54) is 11.1 Å². The highest BCUT2D eigenvalue weighted by Crippen LogP contribution is 2.22. The van der Waals surface area contributed by atoms with Gasteiger partial charge in [0.05, 0.1) is 6.10 Å². The summed E-state index contributed by atoms with van der Waals surface area (Å²) in [6.07, 6.45) is 2.01. The Bertz CT molecular complexity index is 874. The van der Waals surface area contributed by atoms with E-state index in [4.69, 9.17) is 4.74 Å². The summed E-state index contributed by atoms with van der Waals surface area (Å²) >= 11 is 0. The van der Waals surface area contributed by atoms with Crippen LogP contribution in [0.25, 0.3) is 0 Å². The van der Waals surface area contributed by atoms with Crippen molar-refractivity contribution in [1.29, 1.82) is 0 Å². The molecular formula is C24H36N6O. The maximum atomic E-state index is 5.99. The molecule has 1 aromatic carbocycles. The molecule has 1 aliphatic rings. The number of piperazine rings is 1. The molecule has 0 bridgehead atoms. The molecular weight excluding hydrogens is 388 g/mol. The second-order valence-electron chi connectivity index (χ2n) is 8.33. The fourth-order valence-electron chi connectivity index (χ4n) is 3.62. The molecule has 31 heavy (non-hydrogen) atoms. The Balaban J connectivity index is 1.61. The number of hydrogen-bond donors (Lipinski definition) is 2. The number of nitrogens with one attached hydrogen (secondary N) is 2. The van der Waals surface area contributed by atoms with E-state index < -0.39 is 0 Å². The maximum Gasteiger partial charge on any atom is 0.191 e. The highest BCUT2D eigenvalue weighted by molar-refractivity contribution is 5.79. The molecule has 1 aliphatic heterocycles. The van der Waals surface area contributed by atoms with Crippen LogP contribution in [0.4, 0.5) is 5.82 Å². The van der Waals surface area contributed by atoms with Gasteiger partial charge in [0.2, 0.25) is 0 Å². The number of nitrogens with zero attached hydrogens (tertiary/aromatic N) is 4. The molecule has 2 N–H and O–H groups in total. The number of pyridine rings is 1. The van der Waals surface area contributed by atoms with Crippen molar-refractivity contribution in [1.82, 2.24) is 20.5 Å².